The first-order valence-electron chi connectivity index (χ1n) is 10.2. The van der Waals surface area contributed by atoms with E-state index in [0.717, 1.165) is 58.3 Å². The van der Waals surface area contributed by atoms with Gasteiger partial charge in [0.05, 0.1) is 19.8 Å². The molecule has 0 radical (unpaired) electrons. The molecule has 1 N–H and O–H groups in total. The van der Waals surface area contributed by atoms with E-state index in [4.69, 9.17) is 9.47 Å². The number of guanidine groups is 1. The summed E-state index contributed by atoms with van der Waals surface area (Å²) in [7, 11) is 1.85. The lowest BCUT2D eigenvalue weighted by molar-refractivity contribution is 0.0485. The Balaban J connectivity index is 0.00000392. The van der Waals surface area contributed by atoms with Crippen molar-refractivity contribution in [3.63, 3.8) is 0 Å². The molecule has 0 aromatic heterocycles. The van der Waals surface area contributed by atoms with Crippen molar-refractivity contribution in [1.82, 2.24) is 15.1 Å². The molecule has 0 aliphatic carbocycles. The average Bonchev–Trinajstić information content (AvgIpc) is 2.71. The van der Waals surface area contributed by atoms with Crippen LogP contribution in [-0.2, 0) is 16.0 Å². The van der Waals surface area contributed by atoms with E-state index < -0.39 is 0 Å². The number of nitrogens with zero attached hydrogens (tertiary/aromatic N) is 3. The minimum atomic E-state index is 0. The second-order valence-corrected chi connectivity index (χ2v) is 6.80. The fraction of sp³-hybridized carbons (Fsp3) is 0.667. The molecule has 0 amide bonds. The van der Waals surface area contributed by atoms with Gasteiger partial charge in [0.2, 0.25) is 0 Å². The standard InChI is InChI=1S/C21H36N4O2.HI/c1-3-4-15-26-17-18-27-16-10-23-21(22-2)25-13-11-24(12-14-25)19-20-8-6-5-7-9-20;/h5-9H,3-4,10-19H2,1-2H3,(H,22,23);1H. The number of piperazine rings is 1. The van der Waals surface area contributed by atoms with Crippen LogP contribution in [-0.4, -0.2) is 82.0 Å². The molecule has 28 heavy (non-hydrogen) atoms. The molecular weight excluding hydrogens is 467 g/mol. The van der Waals surface area contributed by atoms with Crippen molar-refractivity contribution in [1.29, 1.82) is 0 Å². The quantitative estimate of drug-likeness (QED) is 0.218. The van der Waals surface area contributed by atoms with Crippen LogP contribution in [0.1, 0.15) is 25.3 Å². The molecule has 1 aromatic rings. The van der Waals surface area contributed by atoms with Gasteiger partial charge in [0, 0.05) is 52.9 Å². The lowest BCUT2D eigenvalue weighted by Crippen LogP contribution is -2.52. The summed E-state index contributed by atoms with van der Waals surface area (Å²) in [5.74, 6) is 0.970. The molecule has 0 saturated carbocycles. The van der Waals surface area contributed by atoms with Crippen molar-refractivity contribution in [2.45, 2.75) is 26.3 Å². The number of hydrogen-bond donors (Lipinski definition) is 1. The van der Waals surface area contributed by atoms with Gasteiger partial charge in [-0.3, -0.25) is 9.89 Å². The molecule has 0 atom stereocenters. The number of unbranched alkanes of at least 4 members (excludes halogenated alkanes) is 1. The fourth-order valence-electron chi connectivity index (χ4n) is 3.10. The predicted molar refractivity (Wildman–Crippen MR) is 127 cm³/mol. The number of aliphatic imine (C=N–C) groups is 1. The molecule has 160 valence electrons. The largest absolute Gasteiger partial charge is 0.379 e. The van der Waals surface area contributed by atoms with Crippen LogP contribution in [0.5, 0.6) is 0 Å². The maximum absolute atomic E-state index is 5.61. The lowest BCUT2D eigenvalue weighted by Gasteiger charge is -2.36. The van der Waals surface area contributed by atoms with Gasteiger partial charge in [-0.15, -0.1) is 24.0 Å². The highest BCUT2D eigenvalue weighted by Gasteiger charge is 2.19. The number of halogens is 1. The predicted octanol–water partition coefficient (Wildman–Crippen LogP) is 2.83. The highest BCUT2D eigenvalue weighted by atomic mass is 127. The molecule has 0 spiro atoms. The molecule has 6 nitrogen and oxygen atoms in total. The van der Waals surface area contributed by atoms with Crippen LogP contribution in [0, 0.1) is 0 Å². The summed E-state index contributed by atoms with van der Waals surface area (Å²) in [5.41, 5.74) is 1.38. The van der Waals surface area contributed by atoms with Crippen molar-refractivity contribution in [3.8, 4) is 0 Å². The first-order valence-corrected chi connectivity index (χ1v) is 10.2. The summed E-state index contributed by atoms with van der Waals surface area (Å²) in [6.45, 7) is 10.9. The zero-order valence-corrected chi connectivity index (χ0v) is 19.8. The zero-order chi connectivity index (χ0) is 19.2. The van der Waals surface area contributed by atoms with E-state index in [0.29, 0.717) is 19.8 Å². The third-order valence-corrected chi connectivity index (χ3v) is 4.68. The van der Waals surface area contributed by atoms with Crippen LogP contribution in [0.3, 0.4) is 0 Å². The van der Waals surface area contributed by atoms with E-state index in [1.807, 2.05) is 7.05 Å². The minimum Gasteiger partial charge on any atom is -0.379 e. The molecular formula is C21H37IN4O2. The highest BCUT2D eigenvalue weighted by molar-refractivity contribution is 14.0. The molecule has 1 fully saturated rings. The van der Waals surface area contributed by atoms with Crippen molar-refractivity contribution in [2.75, 3.05) is 66.2 Å². The summed E-state index contributed by atoms with van der Waals surface area (Å²) in [5, 5.41) is 3.41. The Kier molecular flexibility index (Phi) is 14.3. The van der Waals surface area contributed by atoms with Crippen molar-refractivity contribution >= 4 is 29.9 Å². The summed E-state index contributed by atoms with van der Waals surface area (Å²) < 4.78 is 11.1. The SMILES string of the molecule is CCCCOCCOCCNC(=NC)N1CCN(Cc2ccccc2)CC1.I. The van der Waals surface area contributed by atoms with Crippen molar-refractivity contribution in [3.05, 3.63) is 35.9 Å². The molecule has 1 aromatic carbocycles. The van der Waals surface area contributed by atoms with Crippen LogP contribution >= 0.6 is 24.0 Å². The van der Waals surface area contributed by atoms with Crippen LogP contribution in [0.25, 0.3) is 0 Å². The van der Waals surface area contributed by atoms with Crippen molar-refractivity contribution < 1.29 is 9.47 Å². The van der Waals surface area contributed by atoms with E-state index in [2.05, 4.69) is 57.4 Å². The minimum absolute atomic E-state index is 0. The van der Waals surface area contributed by atoms with E-state index in [1.54, 1.807) is 0 Å². The Morgan fingerprint density at radius 1 is 1.00 bits per heavy atom. The molecule has 0 bridgehead atoms. The van der Waals surface area contributed by atoms with Gasteiger partial charge >= 0.3 is 0 Å². The van der Waals surface area contributed by atoms with E-state index in [9.17, 15) is 0 Å². The summed E-state index contributed by atoms with van der Waals surface area (Å²) >= 11 is 0. The fourth-order valence-corrected chi connectivity index (χ4v) is 3.10. The lowest BCUT2D eigenvalue weighted by atomic mass is 10.2. The molecule has 7 heteroatoms. The first-order chi connectivity index (χ1) is 13.3. The van der Waals surface area contributed by atoms with Gasteiger partial charge in [0.25, 0.3) is 0 Å². The third kappa shape index (κ3) is 10.0. The normalized spacial score (nSPS) is 15.4. The smallest absolute Gasteiger partial charge is 0.193 e. The summed E-state index contributed by atoms with van der Waals surface area (Å²) in [6, 6.07) is 10.7. The Morgan fingerprint density at radius 3 is 2.32 bits per heavy atom. The van der Waals surface area contributed by atoms with Gasteiger partial charge in [-0.25, -0.2) is 0 Å². The highest BCUT2D eigenvalue weighted by Crippen LogP contribution is 2.08. The number of nitrogens with one attached hydrogen (secondary N) is 1. The van der Waals surface area contributed by atoms with Crippen LogP contribution in [0.4, 0.5) is 0 Å². The molecule has 1 saturated heterocycles. The Hall–Kier alpha value is -0.900. The van der Waals surface area contributed by atoms with Crippen LogP contribution in [0.15, 0.2) is 35.3 Å². The van der Waals surface area contributed by atoms with Gasteiger partial charge in [0.1, 0.15) is 0 Å². The molecule has 1 aliphatic heterocycles. The van der Waals surface area contributed by atoms with Gasteiger partial charge < -0.3 is 19.7 Å². The third-order valence-electron chi connectivity index (χ3n) is 4.68. The number of ether oxygens (including phenoxy) is 2. The number of hydrogen-bond acceptors (Lipinski definition) is 4. The maximum Gasteiger partial charge on any atom is 0.193 e. The van der Waals surface area contributed by atoms with Crippen LogP contribution < -0.4 is 5.32 Å². The Labute approximate surface area is 187 Å². The monoisotopic (exact) mass is 504 g/mol. The van der Waals surface area contributed by atoms with Gasteiger partial charge in [-0.1, -0.05) is 43.7 Å². The topological polar surface area (TPSA) is 49.3 Å². The number of benzene rings is 1. The second-order valence-electron chi connectivity index (χ2n) is 6.80. The zero-order valence-electron chi connectivity index (χ0n) is 17.4. The number of rotatable bonds is 11. The molecule has 1 heterocycles. The van der Waals surface area contributed by atoms with Gasteiger partial charge in [-0.05, 0) is 12.0 Å². The summed E-state index contributed by atoms with van der Waals surface area (Å²) in [6.07, 6.45) is 2.29. The molecule has 0 unspecified atom stereocenters. The van der Waals surface area contributed by atoms with E-state index >= 15 is 0 Å². The van der Waals surface area contributed by atoms with Gasteiger partial charge in [-0.2, -0.15) is 0 Å². The maximum atomic E-state index is 5.61. The van der Waals surface area contributed by atoms with Crippen molar-refractivity contribution in [2.24, 2.45) is 4.99 Å². The van der Waals surface area contributed by atoms with Gasteiger partial charge in [0.15, 0.2) is 5.96 Å². The Morgan fingerprint density at radius 2 is 1.68 bits per heavy atom. The average molecular weight is 504 g/mol. The van der Waals surface area contributed by atoms with E-state index in [-0.39, 0.29) is 24.0 Å². The second kappa shape index (κ2) is 16.0. The Bertz CT molecular complexity index is 522. The molecule has 1 aliphatic rings. The molecule has 2 rings (SSSR count). The van der Waals surface area contributed by atoms with Crippen LogP contribution in [0.2, 0.25) is 0 Å². The first kappa shape index (κ1) is 25.1. The summed E-state index contributed by atoms with van der Waals surface area (Å²) in [4.78, 5) is 9.25. The van der Waals surface area contributed by atoms with E-state index in [1.165, 1.54) is 12.0 Å².